The summed E-state index contributed by atoms with van der Waals surface area (Å²) in [5, 5.41) is 3.65. The minimum Gasteiger partial charge on any atom is -0.381 e. The lowest BCUT2D eigenvalue weighted by atomic mass is 9.98. The molecule has 2 rings (SSSR count). The molecular formula is C15H30N2O2. The molecule has 0 aromatic heterocycles. The molecule has 4 heteroatoms. The van der Waals surface area contributed by atoms with Gasteiger partial charge < -0.3 is 14.8 Å². The van der Waals surface area contributed by atoms with Crippen LogP contribution < -0.4 is 5.32 Å². The zero-order valence-corrected chi connectivity index (χ0v) is 12.6. The zero-order chi connectivity index (χ0) is 13.5. The molecule has 0 amide bonds. The minimum absolute atomic E-state index is 0.460. The summed E-state index contributed by atoms with van der Waals surface area (Å²) in [5.41, 5.74) is 0. The van der Waals surface area contributed by atoms with E-state index in [1.165, 1.54) is 19.3 Å². The number of rotatable bonds is 8. The van der Waals surface area contributed by atoms with Gasteiger partial charge in [-0.05, 0) is 32.4 Å². The molecule has 0 radical (unpaired) electrons. The average Bonchev–Trinajstić information content (AvgIpc) is 3.10. The lowest BCUT2D eigenvalue weighted by molar-refractivity contribution is 0.0677. The van der Waals surface area contributed by atoms with E-state index in [0.717, 1.165) is 46.0 Å². The first kappa shape index (κ1) is 15.2. The maximum Gasteiger partial charge on any atom is 0.0702 e. The van der Waals surface area contributed by atoms with Gasteiger partial charge in [0.05, 0.1) is 12.7 Å². The lowest BCUT2D eigenvalue weighted by Crippen LogP contribution is -2.47. The lowest BCUT2D eigenvalue weighted by Gasteiger charge is -2.31. The van der Waals surface area contributed by atoms with Crippen molar-refractivity contribution in [1.29, 1.82) is 0 Å². The molecule has 2 aliphatic rings. The van der Waals surface area contributed by atoms with Crippen molar-refractivity contribution in [1.82, 2.24) is 10.2 Å². The Hall–Kier alpha value is -0.160. The number of ether oxygens (including phenoxy) is 2. The largest absolute Gasteiger partial charge is 0.381 e. The number of nitrogens with one attached hydrogen (secondary N) is 1. The molecule has 2 saturated heterocycles. The van der Waals surface area contributed by atoms with Gasteiger partial charge in [0.1, 0.15) is 0 Å². The van der Waals surface area contributed by atoms with E-state index in [1.807, 2.05) is 0 Å². The van der Waals surface area contributed by atoms with Crippen molar-refractivity contribution in [3.05, 3.63) is 0 Å². The van der Waals surface area contributed by atoms with E-state index in [0.29, 0.717) is 18.1 Å². The van der Waals surface area contributed by atoms with Crippen LogP contribution in [0.25, 0.3) is 0 Å². The van der Waals surface area contributed by atoms with Gasteiger partial charge in [0, 0.05) is 38.3 Å². The first-order chi connectivity index (χ1) is 9.33. The van der Waals surface area contributed by atoms with E-state index in [2.05, 4.69) is 24.1 Å². The standard InChI is InChI=1S/C15H30N2O2/c1-3-16-15(13-7-9-18-12-13)11-17(4-2)10-14-6-5-8-19-14/h13-16H,3-12H2,1-2H3. The third kappa shape index (κ3) is 4.71. The maximum atomic E-state index is 5.77. The summed E-state index contributed by atoms with van der Waals surface area (Å²) in [6, 6.07) is 0.564. The topological polar surface area (TPSA) is 33.7 Å². The van der Waals surface area contributed by atoms with Gasteiger partial charge in [-0.3, -0.25) is 4.90 Å². The van der Waals surface area contributed by atoms with Crippen LogP contribution in [0.4, 0.5) is 0 Å². The van der Waals surface area contributed by atoms with Crippen LogP contribution in [-0.2, 0) is 9.47 Å². The van der Waals surface area contributed by atoms with Crippen molar-refractivity contribution in [3.8, 4) is 0 Å². The van der Waals surface area contributed by atoms with Crippen LogP contribution in [0, 0.1) is 5.92 Å². The fourth-order valence-corrected chi connectivity index (χ4v) is 3.20. The molecule has 2 fully saturated rings. The Labute approximate surface area is 117 Å². The Balaban J connectivity index is 1.81. The van der Waals surface area contributed by atoms with Crippen LogP contribution in [0.1, 0.15) is 33.1 Å². The third-order valence-corrected chi connectivity index (χ3v) is 4.39. The minimum atomic E-state index is 0.460. The molecule has 0 bridgehead atoms. The van der Waals surface area contributed by atoms with Gasteiger partial charge >= 0.3 is 0 Å². The second-order valence-electron chi connectivity index (χ2n) is 5.78. The highest BCUT2D eigenvalue weighted by atomic mass is 16.5. The predicted molar refractivity (Wildman–Crippen MR) is 77.5 cm³/mol. The number of hydrogen-bond acceptors (Lipinski definition) is 4. The van der Waals surface area contributed by atoms with E-state index in [4.69, 9.17) is 9.47 Å². The summed E-state index contributed by atoms with van der Waals surface area (Å²) in [4.78, 5) is 2.54. The van der Waals surface area contributed by atoms with Gasteiger partial charge in [-0.2, -0.15) is 0 Å². The van der Waals surface area contributed by atoms with Crippen LogP contribution in [0.5, 0.6) is 0 Å². The van der Waals surface area contributed by atoms with Crippen LogP contribution in [0.2, 0.25) is 0 Å². The molecule has 0 aliphatic carbocycles. The summed E-state index contributed by atoms with van der Waals surface area (Å²) >= 11 is 0. The fourth-order valence-electron chi connectivity index (χ4n) is 3.20. The molecule has 0 aromatic carbocycles. The summed E-state index contributed by atoms with van der Waals surface area (Å²) in [7, 11) is 0. The molecule has 3 atom stereocenters. The summed E-state index contributed by atoms with van der Waals surface area (Å²) < 4.78 is 11.3. The first-order valence-electron chi connectivity index (χ1n) is 7.98. The predicted octanol–water partition coefficient (Wildman–Crippen LogP) is 1.50. The highest BCUT2D eigenvalue weighted by Crippen LogP contribution is 2.19. The summed E-state index contributed by atoms with van der Waals surface area (Å²) in [6.45, 7) is 11.6. The number of hydrogen-bond donors (Lipinski definition) is 1. The Morgan fingerprint density at radius 1 is 1.26 bits per heavy atom. The SMILES string of the molecule is CCNC(CN(CC)CC1CCCO1)C1CCOC1. The Morgan fingerprint density at radius 2 is 2.16 bits per heavy atom. The normalized spacial score (nSPS) is 29.2. The average molecular weight is 270 g/mol. The molecule has 2 heterocycles. The van der Waals surface area contributed by atoms with Gasteiger partial charge in [0.2, 0.25) is 0 Å². The molecule has 0 saturated carbocycles. The van der Waals surface area contributed by atoms with E-state index < -0.39 is 0 Å². The van der Waals surface area contributed by atoms with Gasteiger partial charge in [-0.25, -0.2) is 0 Å². The molecule has 1 N–H and O–H groups in total. The highest BCUT2D eigenvalue weighted by Gasteiger charge is 2.27. The molecule has 112 valence electrons. The monoisotopic (exact) mass is 270 g/mol. The van der Waals surface area contributed by atoms with E-state index in [9.17, 15) is 0 Å². The van der Waals surface area contributed by atoms with Gasteiger partial charge in [-0.1, -0.05) is 13.8 Å². The third-order valence-electron chi connectivity index (χ3n) is 4.39. The molecule has 0 spiro atoms. The molecule has 2 aliphatic heterocycles. The van der Waals surface area contributed by atoms with Crippen molar-refractivity contribution in [2.45, 2.75) is 45.3 Å². The van der Waals surface area contributed by atoms with Crippen LogP contribution in [0.15, 0.2) is 0 Å². The maximum absolute atomic E-state index is 5.77. The first-order valence-corrected chi connectivity index (χ1v) is 7.98. The highest BCUT2D eigenvalue weighted by molar-refractivity contribution is 4.83. The van der Waals surface area contributed by atoms with E-state index in [1.54, 1.807) is 0 Å². The summed E-state index contributed by atoms with van der Waals surface area (Å²) in [6.07, 6.45) is 4.13. The van der Waals surface area contributed by atoms with Crippen LogP contribution >= 0.6 is 0 Å². The zero-order valence-electron chi connectivity index (χ0n) is 12.6. The fraction of sp³-hybridized carbons (Fsp3) is 1.00. The van der Waals surface area contributed by atoms with Crippen molar-refractivity contribution in [2.75, 3.05) is 46.0 Å². The Morgan fingerprint density at radius 3 is 2.74 bits per heavy atom. The van der Waals surface area contributed by atoms with E-state index in [-0.39, 0.29) is 0 Å². The van der Waals surface area contributed by atoms with Gasteiger partial charge in [-0.15, -0.1) is 0 Å². The second kappa shape index (κ2) is 8.20. The van der Waals surface area contributed by atoms with Crippen molar-refractivity contribution < 1.29 is 9.47 Å². The van der Waals surface area contributed by atoms with Gasteiger partial charge in [0.15, 0.2) is 0 Å². The van der Waals surface area contributed by atoms with Crippen LogP contribution in [0.3, 0.4) is 0 Å². The Bertz CT molecular complexity index is 238. The molecule has 3 unspecified atom stereocenters. The second-order valence-corrected chi connectivity index (χ2v) is 5.78. The number of nitrogens with zero attached hydrogens (tertiary/aromatic N) is 1. The van der Waals surface area contributed by atoms with E-state index >= 15 is 0 Å². The molecule has 0 aromatic rings. The Kier molecular flexibility index (Phi) is 6.57. The van der Waals surface area contributed by atoms with Crippen LogP contribution in [-0.4, -0.2) is 63.0 Å². The van der Waals surface area contributed by atoms with Crippen molar-refractivity contribution in [2.24, 2.45) is 5.92 Å². The quantitative estimate of drug-likeness (QED) is 0.725. The number of likely N-dealkylation sites (N-methyl/N-ethyl adjacent to an activating group) is 2. The van der Waals surface area contributed by atoms with Gasteiger partial charge in [0.25, 0.3) is 0 Å². The van der Waals surface area contributed by atoms with Crippen molar-refractivity contribution in [3.63, 3.8) is 0 Å². The smallest absolute Gasteiger partial charge is 0.0702 e. The molecule has 4 nitrogen and oxygen atoms in total. The summed E-state index contributed by atoms with van der Waals surface area (Å²) in [5.74, 6) is 0.679. The molecule has 19 heavy (non-hydrogen) atoms. The molecular weight excluding hydrogens is 240 g/mol. The van der Waals surface area contributed by atoms with Crippen molar-refractivity contribution >= 4 is 0 Å².